The Morgan fingerprint density at radius 2 is 1.74 bits per heavy atom. The molecule has 2 saturated carbocycles. The molecular weight excluding hydrogens is 556 g/mol. The van der Waals surface area contributed by atoms with Gasteiger partial charge in [0.25, 0.3) is 0 Å². The van der Waals surface area contributed by atoms with E-state index in [9.17, 15) is 39.6 Å². The van der Waals surface area contributed by atoms with Crippen LogP contribution in [-0.2, 0) is 42.9 Å². The summed E-state index contributed by atoms with van der Waals surface area (Å²) < 4.78 is 31.2. The van der Waals surface area contributed by atoms with Crippen LogP contribution in [-0.4, -0.2) is 109 Å². The molecule has 0 unspecified atom stereocenters. The minimum Gasteiger partial charge on any atom is -0.456 e. The quantitative estimate of drug-likeness (QED) is 0.207. The molecule has 8 aliphatic rings. The van der Waals surface area contributed by atoms with Crippen LogP contribution in [0.4, 0.5) is 0 Å². The predicted molar refractivity (Wildman–Crippen MR) is 133 cm³/mol. The first-order chi connectivity index (χ1) is 19.5. The highest BCUT2D eigenvalue weighted by atomic mass is 16.8. The second-order valence-corrected chi connectivity index (χ2v) is 14.6. The Hall–Kier alpha value is -2.00. The molecule has 4 N–H and O–H groups in total. The molecule has 0 radical (unpaired) electrons. The van der Waals surface area contributed by atoms with Crippen LogP contribution in [0.2, 0.25) is 0 Å². The lowest BCUT2D eigenvalue weighted by molar-refractivity contribution is -0.398. The highest BCUT2D eigenvalue weighted by molar-refractivity contribution is 6.14. The van der Waals surface area contributed by atoms with E-state index in [1.807, 2.05) is 0 Å². The SMILES string of the molecule is C[C@@H]1C(=O)O[C@H]2[C@@H]1O[C@]13O[C@@]4(CC(=O)[C@]5(C)C(=O)[C@](C)(O)[C@@]2(O)[C@@H]51)C[C@]12OC(=O)C[C@H]1O[C@@](C)(CO)[C@@H]2CC[C@H]4[C@H]3O. The number of carbonyl (C=O) groups excluding carboxylic acids is 4. The van der Waals surface area contributed by atoms with E-state index in [4.69, 9.17) is 23.7 Å². The minimum absolute atomic E-state index is 0.0624. The third-order valence-corrected chi connectivity index (χ3v) is 12.7. The van der Waals surface area contributed by atoms with Gasteiger partial charge in [-0.25, -0.2) is 0 Å². The first kappa shape index (κ1) is 27.5. The van der Waals surface area contributed by atoms with Gasteiger partial charge in [-0.1, -0.05) is 0 Å². The molecule has 230 valence electrons. The molecule has 6 heterocycles. The van der Waals surface area contributed by atoms with Crippen LogP contribution in [0, 0.1) is 29.1 Å². The molecule has 13 heteroatoms. The van der Waals surface area contributed by atoms with Crippen molar-refractivity contribution in [3.05, 3.63) is 0 Å². The molecule has 3 spiro atoms. The Morgan fingerprint density at radius 1 is 1.02 bits per heavy atom. The van der Waals surface area contributed by atoms with Crippen LogP contribution in [0.3, 0.4) is 0 Å². The predicted octanol–water partition coefficient (Wildman–Crippen LogP) is -1.32. The van der Waals surface area contributed by atoms with Gasteiger partial charge in [-0.2, -0.15) is 0 Å². The number of ketones is 2. The van der Waals surface area contributed by atoms with Gasteiger partial charge in [0.15, 0.2) is 17.5 Å². The van der Waals surface area contributed by atoms with Crippen LogP contribution in [0.1, 0.15) is 59.8 Å². The largest absolute Gasteiger partial charge is 0.456 e. The standard InChI is InChI=1S/C29H36O13/c1-11-17-19(38-20(11)34)28(37)21-24(3,22(35)25(28,4)36)14(31)8-26-9-27-13(6-5-12(26)18(33)29(21,41-17)42-26)23(2,10-30)39-15(27)7-16(32)40-27/h11-13,15,17-19,21,30,33,36-37H,5-10H2,1-4H3/t11-,12-,13-,15+,17+,18+,19-,21+,23-,24-,25-,26-,27+,28-,29+/m0/s1. The van der Waals surface area contributed by atoms with Gasteiger partial charge in [-0.15, -0.1) is 0 Å². The highest BCUT2D eigenvalue weighted by Crippen LogP contribution is 2.73. The van der Waals surface area contributed by atoms with Crippen molar-refractivity contribution in [2.75, 3.05) is 6.61 Å². The summed E-state index contributed by atoms with van der Waals surface area (Å²) in [5.41, 5.74) is -11.1. The lowest BCUT2D eigenvalue weighted by Crippen LogP contribution is -2.75. The van der Waals surface area contributed by atoms with Crippen molar-refractivity contribution in [1.82, 2.24) is 0 Å². The monoisotopic (exact) mass is 592 g/mol. The summed E-state index contributed by atoms with van der Waals surface area (Å²) in [5.74, 6) is -8.87. The van der Waals surface area contributed by atoms with Gasteiger partial charge in [0.2, 0.25) is 5.79 Å². The molecule has 2 bridgehead atoms. The zero-order valence-corrected chi connectivity index (χ0v) is 23.8. The zero-order valence-electron chi connectivity index (χ0n) is 23.8. The molecule has 8 rings (SSSR count). The molecule has 6 aliphatic heterocycles. The number of ether oxygens (including phenoxy) is 5. The maximum Gasteiger partial charge on any atom is 0.311 e. The van der Waals surface area contributed by atoms with Crippen LogP contribution >= 0.6 is 0 Å². The van der Waals surface area contributed by atoms with Crippen molar-refractivity contribution in [1.29, 1.82) is 0 Å². The lowest BCUT2D eigenvalue weighted by Gasteiger charge is -2.56. The molecule has 0 aromatic carbocycles. The third-order valence-electron chi connectivity index (χ3n) is 12.7. The van der Waals surface area contributed by atoms with Crippen molar-refractivity contribution < 1.29 is 63.3 Å². The Balaban J connectivity index is 1.35. The van der Waals surface area contributed by atoms with Gasteiger partial charge in [0.05, 0.1) is 41.5 Å². The van der Waals surface area contributed by atoms with Crippen LogP contribution < -0.4 is 0 Å². The number of Topliss-reactive ketones (excluding diaryl/α,β-unsaturated/α-hetero) is 2. The molecule has 0 amide bonds. The zero-order chi connectivity index (χ0) is 30.2. The van der Waals surface area contributed by atoms with E-state index in [0.29, 0.717) is 6.42 Å². The summed E-state index contributed by atoms with van der Waals surface area (Å²) >= 11 is 0. The second kappa shape index (κ2) is 7.44. The number of hydrogen-bond acceptors (Lipinski definition) is 13. The van der Waals surface area contributed by atoms with Gasteiger partial charge < -0.3 is 44.1 Å². The Kier molecular flexibility index (Phi) is 4.88. The van der Waals surface area contributed by atoms with Gasteiger partial charge in [-0.05, 0) is 40.5 Å². The normalized spacial score (nSPS) is 62.4. The topological polar surface area (TPSA) is 195 Å². The number of aliphatic hydroxyl groups excluding tert-OH is 2. The maximum absolute atomic E-state index is 14.4. The molecule has 0 aromatic rings. The summed E-state index contributed by atoms with van der Waals surface area (Å²) in [6, 6.07) is 0. The molecule has 15 atom stereocenters. The molecular formula is C29H36O13. The summed E-state index contributed by atoms with van der Waals surface area (Å²) in [6.45, 7) is 5.35. The first-order valence-electron chi connectivity index (χ1n) is 14.8. The molecule has 6 saturated heterocycles. The van der Waals surface area contributed by atoms with Crippen molar-refractivity contribution in [3.8, 4) is 0 Å². The average molecular weight is 593 g/mol. The average Bonchev–Trinajstić information content (AvgIpc) is 3.49. The van der Waals surface area contributed by atoms with Crippen LogP contribution in [0.5, 0.6) is 0 Å². The van der Waals surface area contributed by atoms with E-state index >= 15 is 0 Å². The number of rotatable bonds is 1. The number of hydrogen-bond donors (Lipinski definition) is 4. The number of aliphatic hydroxyl groups is 4. The number of fused-ring (bicyclic) bond motifs is 2. The third kappa shape index (κ3) is 2.54. The Labute approximate surface area is 240 Å². The van der Waals surface area contributed by atoms with Crippen molar-refractivity contribution in [2.45, 2.75) is 118 Å². The van der Waals surface area contributed by atoms with Gasteiger partial charge in [0, 0.05) is 24.7 Å². The van der Waals surface area contributed by atoms with Gasteiger partial charge in [0.1, 0.15) is 35.3 Å². The first-order valence-corrected chi connectivity index (χ1v) is 14.8. The van der Waals surface area contributed by atoms with Crippen molar-refractivity contribution >= 4 is 23.5 Å². The molecule has 0 aromatic heterocycles. The van der Waals surface area contributed by atoms with E-state index < -0.39 is 117 Å². The van der Waals surface area contributed by atoms with Crippen molar-refractivity contribution in [2.24, 2.45) is 29.1 Å². The maximum atomic E-state index is 14.4. The van der Waals surface area contributed by atoms with Gasteiger partial charge >= 0.3 is 11.9 Å². The van der Waals surface area contributed by atoms with E-state index in [2.05, 4.69) is 0 Å². The van der Waals surface area contributed by atoms with E-state index in [-0.39, 0.29) is 25.9 Å². The molecule has 42 heavy (non-hydrogen) atoms. The molecule has 8 fully saturated rings. The van der Waals surface area contributed by atoms with Crippen LogP contribution in [0.15, 0.2) is 0 Å². The highest BCUT2D eigenvalue weighted by Gasteiger charge is 2.91. The Morgan fingerprint density at radius 3 is 2.43 bits per heavy atom. The molecule has 13 nitrogen and oxygen atoms in total. The number of esters is 2. The summed E-state index contributed by atoms with van der Waals surface area (Å²) in [5, 5.41) is 46.8. The Bertz CT molecular complexity index is 1360. The fourth-order valence-electron chi connectivity index (χ4n) is 10.9. The fraction of sp³-hybridized carbons (Fsp3) is 0.862. The van der Waals surface area contributed by atoms with Gasteiger partial charge in [-0.3, -0.25) is 19.2 Å². The van der Waals surface area contributed by atoms with Crippen LogP contribution in [0.25, 0.3) is 0 Å². The summed E-state index contributed by atoms with van der Waals surface area (Å²) in [4.78, 5) is 54.0. The number of carbonyl (C=O) groups is 4. The minimum atomic E-state index is -2.55. The van der Waals surface area contributed by atoms with E-state index in [1.165, 1.54) is 13.8 Å². The summed E-state index contributed by atoms with van der Waals surface area (Å²) in [7, 11) is 0. The van der Waals surface area contributed by atoms with E-state index in [0.717, 1.165) is 6.92 Å². The smallest absolute Gasteiger partial charge is 0.311 e. The summed E-state index contributed by atoms with van der Waals surface area (Å²) in [6.07, 6.45) is -4.93. The fourth-order valence-corrected chi connectivity index (χ4v) is 10.9. The second-order valence-electron chi connectivity index (χ2n) is 14.6. The lowest BCUT2D eigenvalue weighted by atomic mass is 9.58. The van der Waals surface area contributed by atoms with E-state index in [1.54, 1.807) is 6.92 Å². The van der Waals surface area contributed by atoms with Crippen molar-refractivity contribution in [3.63, 3.8) is 0 Å². The molecule has 2 aliphatic carbocycles.